The van der Waals surface area contributed by atoms with Gasteiger partial charge in [0.2, 0.25) is 4.80 Å². The van der Waals surface area contributed by atoms with Crippen LogP contribution < -0.4 is 4.80 Å². The molecule has 0 saturated carbocycles. The first-order valence-corrected chi connectivity index (χ1v) is 6.91. The van der Waals surface area contributed by atoms with Crippen LogP contribution in [0.5, 0.6) is 0 Å². The van der Waals surface area contributed by atoms with Gasteiger partial charge in [0.15, 0.2) is 0 Å². The van der Waals surface area contributed by atoms with Crippen LogP contribution >= 0.6 is 11.3 Å². The van der Waals surface area contributed by atoms with Gasteiger partial charge in [0, 0.05) is 11.6 Å². The number of hydrogen-bond acceptors (Lipinski definition) is 2. The lowest BCUT2D eigenvalue weighted by Gasteiger charge is -2.14. The average molecular weight is 276 g/mol. The predicted octanol–water partition coefficient (Wildman–Crippen LogP) is 3.55. The summed E-state index contributed by atoms with van der Waals surface area (Å²) < 4.78 is 1.83. The number of nitrogens with zero attached hydrogens (tertiary/aromatic N) is 2. The Balaban J connectivity index is 2.69. The van der Waals surface area contributed by atoms with E-state index >= 15 is 0 Å². The van der Waals surface area contributed by atoms with E-state index in [4.69, 9.17) is 5.11 Å². The number of aryl methyl sites for hydroxylation is 1. The van der Waals surface area contributed by atoms with Crippen LogP contribution in [0.1, 0.15) is 30.9 Å². The van der Waals surface area contributed by atoms with Crippen LogP contribution in [0.25, 0.3) is 5.69 Å². The molecule has 0 aliphatic carbocycles. The molecule has 1 N–H and O–H groups in total. The highest BCUT2D eigenvalue weighted by Gasteiger charge is 2.10. The van der Waals surface area contributed by atoms with Crippen molar-refractivity contribution in [2.75, 3.05) is 0 Å². The summed E-state index contributed by atoms with van der Waals surface area (Å²) in [6.07, 6.45) is 0.683. The summed E-state index contributed by atoms with van der Waals surface area (Å²) in [7, 11) is 0. The van der Waals surface area contributed by atoms with Crippen molar-refractivity contribution >= 4 is 17.4 Å². The van der Waals surface area contributed by atoms with Crippen molar-refractivity contribution in [2.24, 2.45) is 4.99 Å². The molecule has 19 heavy (non-hydrogen) atoms. The fourth-order valence-electron chi connectivity index (χ4n) is 1.97. The summed E-state index contributed by atoms with van der Waals surface area (Å²) in [5.74, 6) is 0.362. The van der Waals surface area contributed by atoms with Crippen LogP contribution in [0.15, 0.2) is 34.8 Å². The Kier molecular flexibility index (Phi) is 3.85. The average Bonchev–Trinajstić information content (AvgIpc) is 2.75. The first-order valence-electron chi connectivity index (χ1n) is 6.03. The SMILES string of the molecule is Cc1ccc(C(C)C)c(-n2ccsc2=NC(=O)O)c1. The van der Waals surface area contributed by atoms with Crippen molar-refractivity contribution in [1.29, 1.82) is 0 Å². The third-order valence-corrected chi connectivity index (χ3v) is 3.60. The van der Waals surface area contributed by atoms with E-state index in [0.717, 1.165) is 11.3 Å². The standard InChI is InChI=1S/C14H16N2O2S/c1-9(2)11-5-4-10(3)8-12(11)16-6-7-19-13(16)15-14(17)18/h4-9H,1-3H3,(H,17,18). The second-order valence-corrected chi connectivity index (χ2v) is 5.54. The van der Waals surface area contributed by atoms with Crippen molar-refractivity contribution in [2.45, 2.75) is 26.7 Å². The number of rotatable bonds is 2. The van der Waals surface area contributed by atoms with E-state index in [1.165, 1.54) is 16.9 Å². The van der Waals surface area contributed by atoms with Gasteiger partial charge < -0.3 is 5.11 Å². The van der Waals surface area contributed by atoms with Gasteiger partial charge in [-0.2, -0.15) is 0 Å². The zero-order valence-electron chi connectivity index (χ0n) is 11.1. The molecular weight excluding hydrogens is 260 g/mol. The number of amides is 1. The van der Waals surface area contributed by atoms with Gasteiger partial charge in [-0.05, 0) is 30.0 Å². The smallest absolute Gasteiger partial charge is 0.433 e. The molecule has 2 aromatic rings. The van der Waals surface area contributed by atoms with E-state index in [9.17, 15) is 4.79 Å². The van der Waals surface area contributed by atoms with Gasteiger partial charge in [-0.3, -0.25) is 4.57 Å². The Morgan fingerprint density at radius 3 is 2.79 bits per heavy atom. The molecule has 0 bridgehead atoms. The van der Waals surface area contributed by atoms with Crippen LogP contribution in [0.4, 0.5) is 4.79 Å². The van der Waals surface area contributed by atoms with Crippen LogP contribution in [0.2, 0.25) is 0 Å². The number of carbonyl (C=O) groups is 1. The maximum absolute atomic E-state index is 10.8. The zero-order chi connectivity index (χ0) is 14.0. The van der Waals surface area contributed by atoms with E-state index in [1.807, 2.05) is 23.1 Å². The molecule has 0 unspecified atom stereocenters. The largest absolute Gasteiger partial charge is 0.463 e. The Morgan fingerprint density at radius 1 is 1.42 bits per heavy atom. The topological polar surface area (TPSA) is 54.6 Å². The second-order valence-electron chi connectivity index (χ2n) is 4.67. The summed E-state index contributed by atoms with van der Waals surface area (Å²) in [5, 5.41) is 10.7. The molecule has 4 nitrogen and oxygen atoms in total. The molecular formula is C14H16N2O2S. The normalized spacial score (nSPS) is 12.1. The lowest BCUT2D eigenvalue weighted by atomic mass is 9.99. The van der Waals surface area contributed by atoms with E-state index in [0.29, 0.717) is 10.7 Å². The molecule has 0 aliphatic rings. The Labute approximate surface area is 115 Å². The van der Waals surface area contributed by atoms with E-state index in [1.54, 1.807) is 0 Å². The first kappa shape index (κ1) is 13.5. The molecule has 1 aromatic carbocycles. The van der Waals surface area contributed by atoms with Crippen molar-refractivity contribution < 1.29 is 9.90 Å². The van der Waals surface area contributed by atoms with E-state index in [2.05, 4.69) is 37.0 Å². The Bertz CT molecular complexity index is 668. The second kappa shape index (κ2) is 5.40. The summed E-state index contributed by atoms with van der Waals surface area (Å²) in [5.41, 5.74) is 3.31. The highest BCUT2D eigenvalue weighted by molar-refractivity contribution is 7.07. The molecule has 0 saturated heterocycles. The van der Waals surface area contributed by atoms with Gasteiger partial charge in [0.1, 0.15) is 0 Å². The molecule has 0 radical (unpaired) electrons. The van der Waals surface area contributed by atoms with Gasteiger partial charge >= 0.3 is 6.09 Å². The number of thiazole rings is 1. The van der Waals surface area contributed by atoms with Crippen molar-refractivity contribution in [3.8, 4) is 5.69 Å². The van der Waals surface area contributed by atoms with Crippen molar-refractivity contribution in [3.63, 3.8) is 0 Å². The molecule has 1 amide bonds. The van der Waals surface area contributed by atoms with Crippen molar-refractivity contribution in [3.05, 3.63) is 45.7 Å². The minimum atomic E-state index is -1.17. The molecule has 0 aliphatic heterocycles. The molecule has 1 aromatic heterocycles. The quantitative estimate of drug-likeness (QED) is 0.912. The van der Waals surface area contributed by atoms with Gasteiger partial charge in [-0.25, -0.2) is 4.79 Å². The maximum Gasteiger partial charge on any atom is 0.433 e. The number of aromatic nitrogens is 1. The molecule has 5 heteroatoms. The zero-order valence-corrected chi connectivity index (χ0v) is 11.9. The highest BCUT2D eigenvalue weighted by Crippen LogP contribution is 2.23. The highest BCUT2D eigenvalue weighted by atomic mass is 32.1. The maximum atomic E-state index is 10.8. The third kappa shape index (κ3) is 2.93. The fourth-order valence-corrected chi connectivity index (χ4v) is 2.68. The number of hydrogen-bond donors (Lipinski definition) is 1. The summed E-state index contributed by atoms with van der Waals surface area (Å²) in [6, 6.07) is 6.22. The Morgan fingerprint density at radius 2 is 2.16 bits per heavy atom. The number of benzene rings is 1. The van der Waals surface area contributed by atoms with Crippen LogP contribution in [-0.4, -0.2) is 15.8 Å². The summed E-state index contributed by atoms with van der Waals surface area (Å²) >= 11 is 1.31. The van der Waals surface area contributed by atoms with E-state index < -0.39 is 6.09 Å². The fraction of sp³-hybridized carbons (Fsp3) is 0.286. The van der Waals surface area contributed by atoms with Crippen molar-refractivity contribution in [1.82, 2.24) is 4.57 Å². The van der Waals surface area contributed by atoms with Gasteiger partial charge in [-0.15, -0.1) is 16.3 Å². The van der Waals surface area contributed by atoms with Gasteiger partial charge in [0.05, 0.1) is 5.69 Å². The minimum absolute atomic E-state index is 0.362. The number of carboxylic acid groups (broad SMARTS) is 1. The predicted molar refractivity (Wildman–Crippen MR) is 76.1 cm³/mol. The first-order chi connectivity index (χ1) is 8.99. The molecule has 2 rings (SSSR count). The van der Waals surface area contributed by atoms with Gasteiger partial charge in [0.25, 0.3) is 0 Å². The Hall–Kier alpha value is -1.88. The lowest BCUT2D eigenvalue weighted by Crippen LogP contribution is -2.16. The van der Waals surface area contributed by atoms with Crippen LogP contribution in [-0.2, 0) is 0 Å². The molecule has 100 valence electrons. The molecule has 0 spiro atoms. The van der Waals surface area contributed by atoms with Crippen LogP contribution in [0, 0.1) is 6.92 Å². The minimum Gasteiger partial charge on any atom is -0.463 e. The molecule has 1 heterocycles. The molecule has 0 atom stereocenters. The lowest BCUT2D eigenvalue weighted by molar-refractivity contribution is 0.204. The van der Waals surface area contributed by atoms with Crippen LogP contribution in [0.3, 0.4) is 0 Å². The summed E-state index contributed by atoms with van der Waals surface area (Å²) in [4.78, 5) is 14.9. The molecule has 0 fully saturated rings. The monoisotopic (exact) mass is 276 g/mol. The van der Waals surface area contributed by atoms with E-state index in [-0.39, 0.29) is 0 Å². The summed E-state index contributed by atoms with van der Waals surface area (Å²) in [6.45, 7) is 6.26. The third-order valence-electron chi connectivity index (χ3n) is 2.85. The van der Waals surface area contributed by atoms with Gasteiger partial charge in [-0.1, -0.05) is 26.0 Å².